The third-order valence-electron chi connectivity index (χ3n) is 1.79. The summed E-state index contributed by atoms with van der Waals surface area (Å²) < 4.78 is 30.4. The summed E-state index contributed by atoms with van der Waals surface area (Å²) >= 11 is 0. The van der Waals surface area contributed by atoms with Gasteiger partial charge in [0.1, 0.15) is 0 Å². The van der Waals surface area contributed by atoms with Gasteiger partial charge in [0.05, 0.1) is 0 Å². The Bertz CT molecular complexity index is 428. The van der Waals surface area contributed by atoms with Crippen molar-refractivity contribution >= 4 is 0 Å². The fourth-order valence-electron chi connectivity index (χ4n) is 1.13. The summed E-state index contributed by atoms with van der Waals surface area (Å²) in [5.74, 6) is -1.40. The SMILES string of the molecule is Fc1cccc(Cc2ncon2)c1F. The van der Waals surface area contributed by atoms with Crippen molar-refractivity contribution in [2.45, 2.75) is 6.42 Å². The quantitative estimate of drug-likeness (QED) is 0.736. The van der Waals surface area contributed by atoms with Gasteiger partial charge in [0.25, 0.3) is 0 Å². The van der Waals surface area contributed by atoms with Crippen molar-refractivity contribution in [3.63, 3.8) is 0 Å². The van der Waals surface area contributed by atoms with Gasteiger partial charge in [-0.2, -0.15) is 4.98 Å². The highest BCUT2D eigenvalue weighted by Gasteiger charge is 2.09. The normalized spacial score (nSPS) is 10.4. The van der Waals surface area contributed by atoms with E-state index in [1.54, 1.807) is 0 Å². The number of nitrogens with zero attached hydrogens (tertiary/aromatic N) is 2. The Morgan fingerprint density at radius 1 is 1.29 bits per heavy atom. The Morgan fingerprint density at radius 2 is 2.14 bits per heavy atom. The van der Waals surface area contributed by atoms with Crippen LogP contribution in [0.5, 0.6) is 0 Å². The van der Waals surface area contributed by atoms with Crippen LogP contribution in [-0.2, 0) is 6.42 Å². The fraction of sp³-hybridized carbons (Fsp3) is 0.111. The predicted molar refractivity (Wildman–Crippen MR) is 43.5 cm³/mol. The van der Waals surface area contributed by atoms with Crippen LogP contribution in [0.2, 0.25) is 0 Å². The van der Waals surface area contributed by atoms with E-state index in [4.69, 9.17) is 0 Å². The third kappa shape index (κ3) is 1.61. The van der Waals surface area contributed by atoms with Gasteiger partial charge in [0, 0.05) is 6.42 Å². The monoisotopic (exact) mass is 196 g/mol. The molecule has 0 N–H and O–H groups in total. The summed E-state index contributed by atoms with van der Waals surface area (Å²) in [6.07, 6.45) is 1.27. The van der Waals surface area contributed by atoms with Crippen molar-refractivity contribution in [2.24, 2.45) is 0 Å². The van der Waals surface area contributed by atoms with E-state index in [9.17, 15) is 8.78 Å². The van der Waals surface area contributed by atoms with Gasteiger partial charge in [-0.05, 0) is 11.6 Å². The van der Waals surface area contributed by atoms with Gasteiger partial charge in [-0.25, -0.2) is 8.78 Å². The summed E-state index contributed by atoms with van der Waals surface area (Å²) in [4.78, 5) is 3.72. The topological polar surface area (TPSA) is 38.9 Å². The van der Waals surface area contributed by atoms with Gasteiger partial charge >= 0.3 is 0 Å². The summed E-state index contributed by atoms with van der Waals surface area (Å²) in [6, 6.07) is 3.98. The molecule has 72 valence electrons. The van der Waals surface area contributed by atoms with Crippen LogP contribution in [0.15, 0.2) is 29.1 Å². The molecule has 0 aliphatic carbocycles. The Balaban J connectivity index is 2.29. The predicted octanol–water partition coefficient (Wildman–Crippen LogP) is 1.94. The first-order chi connectivity index (χ1) is 6.77. The van der Waals surface area contributed by atoms with E-state index in [1.807, 2.05) is 0 Å². The van der Waals surface area contributed by atoms with Gasteiger partial charge in [0.2, 0.25) is 6.39 Å². The van der Waals surface area contributed by atoms with Crippen LogP contribution in [0.25, 0.3) is 0 Å². The van der Waals surface area contributed by atoms with E-state index in [1.165, 1.54) is 12.1 Å². The molecule has 0 saturated carbocycles. The molecule has 0 aliphatic heterocycles. The molecule has 14 heavy (non-hydrogen) atoms. The molecule has 2 aromatic rings. The zero-order valence-corrected chi connectivity index (χ0v) is 7.08. The van der Waals surface area contributed by atoms with Crippen molar-refractivity contribution in [1.82, 2.24) is 10.1 Å². The number of halogens is 2. The lowest BCUT2D eigenvalue weighted by Crippen LogP contribution is -1.96. The minimum Gasteiger partial charge on any atom is -0.343 e. The van der Waals surface area contributed by atoms with E-state index in [0.717, 1.165) is 12.5 Å². The number of aromatic nitrogens is 2. The molecule has 3 nitrogen and oxygen atoms in total. The number of rotatable bonds is 2. The van der Waals surface area contributed by atoms with Gasteiger partial charge < -0.3 is 4.52 Å². The number of hydrogen-bond donors (Lipinski definition) is 0. The molecule has 0 unspecified atom stereocenters. The Labute approximate surface area is 78.4 Å². The van der Waals surface area contributed by atoms with Crippen LogP contribution in [0, 0.1) is 11.6 Å². The summed E-state index contributed by atoms with van der Waals surface area (Å²) in [6.45, 7) is 0. The van der Waals surface area contributed by atoms with E-state index in [0.29, 0.717) is 5.82 Å². The molecular weight excluding hydrogens is 190 g/mol. The van der Waals surface area contributed by atoms with Gasteiger partial charge in [-0.1, -0.05) is 17.3 Å². The maximum atomic E-state index is 13.1. The van der Waals surface area contributed by atoms with Crippen molar-refractivity contribution in [3.05, 3.63) is 47.6 Å². The molecule has 1 aromatic carbocycles. The third-order valence-corrected chi connectivity index (χ3v) is 1.79. The summed E-state index contributed by atoms with van der Waals surface area (Å²) in [5, 5.41) is 3.51. The van der Waals surface area contributed by atoms with Crippen LogP contribution in [-0.4, -0.2) is 10.1 Å². The lowest BCUT2D eigenvalue weighted by Gasteiger charge is -1.99. The van der Waals surface area contributed by atoms with Crippen molar-refractivity contribution in [1.29, 1.82) is 0 Å². The van der Waals surface area contributed by atoms with E-state index in [2.05, 4.69) is 14.7 Å². The average Bonchev–Trinajstić information content (AvgIpc) is 2.66. The summed E-state index contributed by atoms with van der Waals surface area (Å²) in [5.41, 5.74) is 0.214. The van der Waals surface area contributed by atoms with E-state index in [-0.39, 0.29) is 12.0 Å². The lowest BCUT2D eigenvalue weighted by atomic mass is 10.1. The molecule has 0 bridgehead atoms. The zero-order valence-electron chi connectivity index (χ0n) is 7.08. The number of benzene rings is 1. The molecule has 2 rings (SSSR count). The molecule has 1 heterocycles. The first-order valence-corrected chi connectivity index (χ1v) is 3.95. The van der Waals surface area contributed by atoms with E-state index < -0.39 is 11.6 Å². The first kappa shape index (κ1) is 8.80. The smallest absolute Gasteiger partial charge is 0.213 e. The highest BCUT2D eigenvalue weighted by atomic mass is 19.2. The molecule has 0 fully saturated rings. The van der Waals surface area contributed by atoms with Crippen LogP contribution < -0.4 is 0 Å². The molecule has 0 saturated heterocycles. The molecule has 1 aromatic heterocycles. The Morgan fingerprint density at radius 3 is 2.86 bits per heavy atom. The largest absolute Gasteiger partial charge is 0.343 e. The molecular formula is C9H6F2N2O. The Kier molecular flexibility index (Phi) is 2.22. The zero-order chi connectivity index (χ0) is 9.97. The molecule has 0 aliphatic rings. The maximum Gasteiger partial charge on any atom is 0.213 e. The lowest BCUT2D eigenvalue weighted by molar-refractivity contribution is 0.410. The van der Waals surface area contributed by atoms with Crippen molar-refractivity contribution < 1.29 is 13.3 Å². The average molecular weight is 196 g/mol. The minimum absolute atomic E-state index is 0.125. The second kappa shape index (κ2) is 3.53. The molecule has 0 spiro atoms. The fourth-order valence-corrected chi connectivity index (χ4v) is 1.13. The second-order valence-corrected chi connectivity index (χ2v) is 2.74. The number of hydrogen-bond acceptors (Lipinski definition) is 3. The minimum atomic E-state index is -0.869. The molecule has 0 radical (unpaired) electrons. The van der Waals surface area contributed by atoms with Crippen molar-refractivity contribution in [3.8, 4) is 0 Å². The molecule has 0 atom stereocenters. The second-order valence-electron chi connectivity index (χ2n) is 2.74. The van der Waals surface area contributed by atoms with Crippen LogP contribution in [0.4, 0.5) is 8.78 Å². The van der Waals surface area contributed by atoms with Crippen LogP contribution >= 0.6 is 0 Å². The van der Waals surface area contributed by atoms with Crippen LogP contribution in [0.1, 0.15) is 11.4 Å². The van der Waals surface area contributed by atoms with Gasteiger partial charge in [-0.15, -0.1) is 0 Å². The molecule has 0 amide bonds. The molecule has 5 heteroatoms. The first-order valence-electron chi connectivity index (χ1n) is 3.95. The maximum absolute atomic E-state index is 13.1. The summed E-state index contributed by atoms with van der Waals surface area (Å²) in [7, 11) is 0. The highest BCUT2D eigenvalue weighted by Crippen LogP contribution is 2.13. The van der Waals surface area contributed by atoms with Crippen LogP contribution in [0.3, 0.4) is 0 Å². The van der Waals surface area contributed by atoms with Crippen molar-refractivity contribution in [2.75, 3.05) is 0 Å². The van der Waals surface area contributed by atoms with E-state index >= 15 is 0 Å². The Hall–Kier alpha value is -1.78. The van der Waals surface area contributed by atoms with Gasteiger partial charge in [-0.3, -0.25) is 0 Å². The highest BCUT2D eigenvalue weighted by molar-refractivity contribution is 5.21. The standard InChI is InChI=1S/C9H6F2N2O/c10-7-3-1-2-6(9(7)11)4-8-12-5-14-13-8/h1-3,5H,4H2. The van der Waals surface area contributed by atoms with Gasteiger partial charge in [0.15, 0.2) is 17.5 Å².